The zero-order valence-corrected chi connectivity index (χ0v) is 20.6. The van der Waals surface area contributed by atoms with Gasteiger partial charge in [-0.2, -0.15) is 5.10 Å². The van der Waals surface area contributed by atoms with E-state index in [9.17, 15) is 4.79 Å². The van der Waals surface area contributed by atoms with Gasteiger partial charge >= 0.3 is 0 Å². The monoisotopic (exact) mass is 474 g/mol. The van der Waals surface area contributed by atoms with E-state index in [0.717, 1.165) is 43.2 Å². The second-order valence-electron chi connectivity index (χ2n) is 8.90. The summed E-state index contributed by atoms with van der Waals surface area (Å²) in [5.41, 5.74) is 5.48. The summed E-state index contributed by atoms with van der Waals surface area (Å²) in [4.78, 5) is 22.6. The van der Waals surface area contributed by atoms with Crippen molar-refractivity contribution in [3.05, 3.63) is 59.0 Å². The Morgan fingerprint density at radius 1 is 1.09 bits per heavy atom. The zero-order valence-electron chi connectivity index (χ0n) is 20.6. The molecule has 3 aromatic heterocycles. The van der Waals surface area contributed by atoms with Gasteiger partial charge in [0, 0.05) is 56.6 Å². The van der Waals surface area contributed by atoms with Crippen LogP contribution in [0.15, 0.2) is 41.1 Å². The van der Waals surface area contributed by atoms with Crippen LogP contribution >= 0.6 is 0 Å². The minimum atomic E-state index is -0.0203. The van der Waals surface area contributed by atoms with E-state index in [-0.39, 0.29) is 5.91 Å². The van der Waals surface area contributed by atoms with Crippen LogP contribution in [0.1, 0.15) is 34.2 Å². The quantitative estimate of drug-likeness (QED) is 0.421. The number of hydrogen-bond donors (Lipinski definition) is 0. The molecule has 0 radical (unpaired) electrons. The highest BCUT2D eigenvalue weighted by Crippen LogP contribution is 2.29. The van der Waals surface area contributed by atoms with Gasteiger partial charge in [-0.25, -0.2) is 4.98 Å². The number of carbonyl (C=O) groups is 1. The van der Waals surface area contributed by atoms with Crippen LogP contribution < -0.4 is 4.74 Å². The molecule has 0 spiro atoms. The SMILES string of the molecule is CCn1cc(CN2CCN(C(=O)c3cc(-c4ccc(OC)cc4)nc4onc(C)c34)CC2)c(C)n1. The van der Waals surface area contributed by atoms with Gasteiger partial charge in [0.2, 0.25) is 0 Å². The van der Waals surface area contributed by atoms with Gasteiger partial charge in [-0.05, 0) is 51.1 Å². The lowest BCUT2D eigenvalue weighted by Gasteiger charge is -2.34. The van der Waals surface area contributed by atoms with Crippen LogP contribution in [0.5, 0.6) is 5.75 Å². The van der Waals surface area contributed by atoms with Crippen LogP contribution in [-0.2, 0) is 13.1 Å². The summed E-state index contributed by atoms with van der Waals surface area (Å²) in [7, 11) is 1.63. The maximum atomic E-state index is 13.7. The number of carbonyl (C=O) groups excluding carboxylic acids is 1. The number of nitrogens with zero attached hydrogens (tertiary/aromatic N) is 6. The average Bonchev–Trinajstić information content (AvgIpc) is 3.45. The molecule has 0 atom stereocenters. The van der Waals surface area contributed by atoms with Gasteiger partial charge in [-0.1, -0.05) is 5.16 Å². The van der Waals surface area contributed by atoms with Crippen molar-refractivity contribution in [1.82, 2.24) is 29.7 Å². The van der Waals surface area contributed by atoms with Crippen LogP contribution in [0.25, 0.3) is 22.4 Å². The Morgan fingerprint density at radius 2 is 1.83 bits per heavy atom. The summed E-state index contributed by atoms with van der Waals surface area (Å²) < 4.78 is 12.7. The highest BCUT2D eigenvalue weighted by molar-refractivity contribution is 6.07. The molecule has 0 unspecified atom stereocenters. The number of pyridine rings is 1. The molecule has 0 saturated carbocycles. The molecule has 4 heterocycles. The summed E-state index contributed by atoms with van der Waals surface area (Å²) in [5, 5.41) is 9.31. The number of hydrogen-bond acceptors (Lipinski definition) is 7. The van der Waals surface area contributed by atoms with Crippen LogP contribution in [-0.4, -0.2) is 68.9 Å². The number of benzene rings is 1. The number of methoxy groups -OCH3 is 1. The summed E-state index contributed by atoms with van der Waals surface area (Å²) in [6.07, 6.45) is 2.12. The molecule has 35 heavy (non-hydrogen) atoms. The predicted octanol–water partition coefficient (Wildman–Crippen LogP) is 3.69. The molecule has 0 N–H and O–H groups in total. The van der Waals surface area contributed by atoms with E-state index in [2.05, 4.69) is 40.2 Å². The number of amides is 1. The van der Waals surface area contributed by atoms with E-state index in [1.54, 1.807) is 7.11 Å². The first-order valence-electron chi connectivity index (χ1n) is 11.9. The van der Waals surface area contributed by atoms with Crippen LogP contribution in [0.4, 0.5) is 0 Å². The van der Waals surface area contributed by atoms with Gasteiger partial charge in [-0.15, -0.1) is 0 Å². The van der Waals surface area contributed by atoms with Gasteiger partial charge in [-0.3, -0.25) is 14.4 Å². The number of rotatable bonds is 6. The van der Waals surface area contributed by atoms with E-state index in [0.29, 0.717) is 41.1 Å². The Balaban J connectivity index is 1.36. The third-order valence-electron chi connectivity index (χ3n) is 6.66. The Bertz CT molecular complexity index is 1350. The van der Waals surface area contributed by atoms with Crippen molar-refractivity contribution in [2.45, 2.75) is 33.9 Å². The van der Waals surface area contributed by atoms with E-state index in [1.807, 2.05) is 46.8 Å². The lowest BCUT2D eigenvalue weighted by atomic mass is 10.0. The largest absolute Gasteiger partial charge is 0.497 e. The molecule has 0 bridgehead atoms. The maximum Gasteiger partial charge on any atom is 0.259 e. The fourth-order valence-corrected chi connectivity index (χ4v) is 4.57. The number of piperazine rings is 1. The molecule has 4 aromatic rings. The van der Waals surface area contributed by atoms with Crippen molar-refractivity contribution in [3.8, 4) is 17.0 Å². The first-order chi connectivity index (χ1) is 17.0. The molecule has 9 nitrogen and oxygen atoms in total. The highest BCUT2D eigenvalue weighted by Gasteiger charge is 2.27. The van der Waals surface area contributed by atoms with Gasteiger partial charge in [0.1, 0.15) is 5.75 Å². The van der Waals surface area contributed by atoms with Crippen molar-refractivity contribution in [1.29, 1.82) is 0 Å². The molecule has 1 saturated heterocycles. The van der Waals surface area contributed by atoms with E-state index >= 15 is 0 Å². The van der Waals surface area contributed by atoms with Crippen molar-refractivity contribution in [3.63, 3.8) is 0 Å². The Labute approximate surface area is 204 Å². The van der Waals surface area contributed by atoms with Crippen LogP contribution in [0.3, 0.4) is 0 Å². The first-order valence-corrected chi connectivity index (χ1v) is 11.9. The second-order valence-corrected chi connectivity index (χ2v) is 8.90. The standard InChI is InChI=1S/C26H30N6O3/c1-5-32-16-20(17(2)28-32)15-30-10-12-31(13-11-30)26(33)22-14-23(19-6-8-21(34-4)9-7-19)27-25-24(22)18(3)29-35-25/h6-9,14,16H,5,10-13,15H2,1-4H3. The summed E-state index contributed by atoms with van der Waals surface area (Å²) in [6.45, 7) is 10.6. The molecule has 1 amide bonds. The van der Waals surface area contributed by atoms with Crippen molar-refractivity contribution < 1.29 is 14.1 Å². The average molecular weight is 475 g/mol. The number of ether oxygens (including phenoxy) is 1. The Morgan fingerprint density at radius 3 is 2.49 bits per heavy atom. The topological polar surface area (TPSA) is 89.5 Å². The van der Waals surface area contributed by atoms with Crippen molar-refractivity contribution in [2.24, 2.45) is 0 Å². The van der Waals surface area contributed by atoms with Gasteiger partial charge in [0.25, 0.3) is 11.6 Å². The molecule has 9 heteroatoms. The second kappa shape index (κ2) is 9.50. The maximum absolute atomic E-state index is 13.7. The zero-order chi connectivity index (χ0) is 24.5. The minimum Gasteiger partial charge on any atom is -0.497 e. The molecular weight excluding hydrogens is 444 g/mol. The molecule has 182 valence electrons. The predicted molar refractivity (Wildman–Crippen MR) is 132 cm³/mol. The third kappa shape index (κ3) is 4.51. The number of aromatic nitrogens is 4. The Kier molecular flexibility index (Phi) is 6.25. The number of aryl methyl sites for hydroxylation is 3. The van der Waals surface area contributed by atoms with Crippen LogP contribution in [0.2, 0.25) is 0 Å². The summed E-state index contributed by atoms with van der Waals surface area (Å²) in [5.74, 6) is 0.741. The normalized spacial score (nSPS) is 14.6. The lowest BCUT2D eigenvalue weighted by molar-refractivity contribution is 0.0630. The highest BCUT2D eigenvalue weighted by atomic mass is 16.5. The smallest absolute Gasteiger partial charge is 0.259 e. The van der Waals surface area contributed by atoms with Crippen molar-refractivity contribution in [2.75, 3.05) is 33.3 Å². The van der Waals surface area contributed by atoms with Gasteiger partial charge in [0.15, 0.2) is 0 Å². The van der Waals surface area contributed by atoms with E-state index in [4.69, 9.17) is 9.26 Å². The fourth-order valence-electron chi connectivity index (χ4n) is 4.57. The molecule has 1 fully saturated rings. The fraction of sp³-hybridized carbons (Fsp3) is 0.385. The molecule has 5 rings (SSSR count). The molecule has 1 aromatic carbocycles. The molecule has 1 aliphatic heterocycles. The van der Waals surface area contributed by atoms with Crippen molar-refractivity contribution >= 4 is 17.0 Å². The lowest BCUT2D eigenvalue weighted by Crippen LogP contribution is -2.48. The molecular formula is C26H30N6O3. The van der Waals surface area contributed by atoms with Crippen LogP contribution in [0, 0.1) is 13.8 Å². The number of fused-ring (bicyclic) bond motifs is 1. The van der Waals surface area contributed by atoms with Gasteiger partial charge < -0.3 is 14.2 Å². The Hall–Kier alpha value is -3.72. The summed E-state index contributed by atoms with van der Waals surface area (Å²) >= 11 is 0. The molecule has 0 aliphatic carbocycles. The summed E-state index contributed by atoms with van der Waals surface area (Å²) in [6, 6.07) is 9.45. The van der Waals surface area contributed by atoms with Gasteiger partial charge in [0.05, 0.1) is 35.1 Å². The minimum absolute atomic E-state index is 0.0203. The third-order valence-corrected chi connectivity index (χ3v) is 6.66. The van der Waals surface area contributed by atoms with E-state index in [1.165, 1.54) is 5.56 Å². The molecule has 1 aliphatic rings. The first kappa shape index (κ1) is 23.0. The van der Waals surface area contributed by atoms with E-state index < -0.39 is 0 Å².